The van der Waals surface area contributed by atoms with Crippen molar-refractivity contribution in [3.8, 4) is 11.5 Å². The lowest BCUT2D eigenvalue weighted by atomic mass is 10.2. The first-order valence-electron chi connectivity index (χ1n) is 6.63. The zero-order valence-electron chi connectivity index (χ0n) is 12.3. The summed E-state index contributed by atoms with van der Waals surface area (Å²) >= 11 is 0. The van der Waals surface area contributed by atoms with Crippen LogP contribution in [0.25, 0.3) is 0 Å². The van der Waals surface area contributed by atoms with E-state index in [0.29, 0.717) is 11.5 Å². The van der Waals surface area contributed by atoms with E-state index in [0.717, 1.165) is 12.3 Å². The highest BCUT2D eigenvalue weighted by Crippen LogP contribution is 2.16. The zero-order valence-corrected chi connectivity index (χ0v) is 12.3. The van der Waals surface area contributed by atoms with Gasteiger partial charge in [-0.1, -0.05) is 12.1 Å². The topological polar surface area (TPSA) is 59.9 Å². The minimum Gasteiger partial charge on any atom is -0.497 e. The average molecular weight is 320 g/mol. The summed E-state index contributed by atoms with van der Waals surface area (Å²) < 4.78 is 36.6. The first-order chi connectivity index (χ1) is 11.1. The number of ether oxygens (including phenoxy) is 2. The molecule has 2 aromatic rings. The SMILES string of the molecule is COc1ccc(OCC(=O)N/N=C/c2cccc(F)c2F)cc1. The predicted molar refractivity (Wildman–Crippen MR) is 80.6 cm³/mol. The third-order valence-electron chi connectivity index (χ3n) is 2.80. The Hall–Kier alpha value is -2.96. The normalized spacial score (nSPS) is 10.6. The predicted octanol–water partition coefficient (Wildman–Crippen LogP) is 2.50. The molecular weight excluding hydrogens is 306 g/mol. The number of halogens is 2. The Labute approximate surface area is 131 Å². The molecule has 0 aliphatic rings. The van der Waals surface area contributed by atoms with Crippen molar-refractivity contribution in [1.29, 1.82) is 0 Å². The lowest BCUT2D eigenvalue weighted by Gasteiger charge is -2.05. The van der Waals surface area contributed by atoms with Gasteiger partial charge in [0.15, 0.2) is 18.2 Å². The van der Waals surface area contributed by atoms with Gasteiger partial charge >= 0.3 is 0 Å². The Kier molecular flexibility index (Phi) is 5.62. The summed E-state index contributed by atoms with van der Waals surface area (Å²) in [7, 11) is 1.54. The molecule has 0 unspecified atom stereocenters. The molecule has 0 aromatic heterocycles. The second-order valence-electron chi connectivity index (χ2n) is 4.40. The van der Waals surface area contributed by atoms with E-state index in [1.165, 1.54) is 12.1 Å². The van der Waals surface area contributed by atoms with Crippen LogP contribution in [-0.4, -0.2) is 25.8 Å². The van der Waals surface area contributed by atoms with E-state index in [9.17, 15) is 13.6 Å². The molecule has 2 aromatic carbocycles. The maximum atomic E-state index is 13.3. The Balaban J connectivity index is 1.82. The molecule has 0 atom stereocenters. The van der Waals surface area contributed by atoms with Crippen molar-refractivity contribution in [1.82, 2.24) is 5.43 Å². The quantitative estimate of drug-likeness (QED) is 0.657. The van der Waals surface area contributed by atoms with E-state index in [4.69, 9.17) is 9.47 Å². The Morgan fingerprint density at radius 2 is 1.87 bits per heavy atom. The van der Waals surface area contributed by atoms with Crippen LogP contribution < -0.4 is 14.9 Å². The smallest absolute Gasteiger partial charge is 0.277 e. The number of amides is 1. The van der Waals surface area contributed by atoms with Gasteiger partial charge in [-0.15, -0.1) is 0 Å². The molecule has 0 bridgehead atoms. The summed E-state index contributed by atoms with van der Waals surface area (Å²) in [5.74, 6) is -1.39. The van der Waals surface area contributed by atoms with Gasteiger partial charge in [-0.2, -0.15) is 5.10 Å². The van der Waals surface area contributed by atoms with Crippen LogP contribution in [-0.2, 0) is 4.79 Å². The van der Waals surface area contributed by atoms with Gasteiger partial charge in [-0.25, -0.2) is 14.2 Å². The summed E-state index contributed by atoms with van der Waals surface area (Å²) in [6, 6.07) is 10.4. The Morgan fingerprint density at radius 3 is 2.57 bits per heavy atom. The van der Waals surface area contributed by atoms with Crippen molar-refractivity contribution in [3.63, 3.8) is 0 Å². The van der Waals surface area contributed by atoms with Crippen molar-refractivity contribution < 1.29 is 23.0 Å². The molecule has 0 radical (unpaired) electrons. The molecule has 0 aliphatic heterocycles. The van der Waals surface area contributed by atoms with Gasteiger partial charge < -0.3 is 9.47 Å². The van der Waals surface area contributed by atoms with Gasteiger partial charge in [-0.05, 0) is 30.3 Å². The summed E-state index contributed by atoms with van der Waals surface area (Å²) in [6.45, 7) is -0.269. The van der Waals surface area contributed by atoms with E-state index in [2.05, 4.69) is 10.5 Å². The first-order valence-corrected chi connectivity index (χ1v) is 6.63. The molecule has 120 valence electrons. The van der Waals surface area contributed by atoms with E-state index in [-0.39, 0.29) is 12.2 Å². The van der Waals surface area contributed by atoms with Crippen molar-refractivity contribution in [2.75, 3.05) is 13.7 Å². The number of hydrogen-bond acceptors (Lipinski definition) is 4. The van der Waals surface area contributed by atoms with Crippen LogP contribution in [0.3, 0.4) is 0 Å². The number of methoxy groups -OCH3 is 1. The van der Waals surface area contributed by atoms with Crippen molar-refractivity contribution in [2.45, 2.75) is 0 Å². The number of carbonyl (C=O) groups excluding carboxylic acids is 1. The van der Waals surface area contributed by atoms with Gasteiger partial charge in [0, 0.05) is 5.56 Å². The highest BCUT2D eigenvalue weighted by atomic mass is 19.2. The molecule has 0 saturated heterocycles. The second-order valence-corrected chi connectivity index (χ2v) is 4.40. The van der Waals surface area contributed by atoms with E-state index >= 15 is 0 Å². The van der Waals surface area contributed by atoms with Crippen molar-refractivity contribution in [2.24, 2.45) is 5.10 Å². The van der Waals surface area contributed by atoms with Crippen molar-refractivity contribution in [3.05, 3.63) is 59.7 Å². The van der Waals surface area contributed by atoms with Gasteiger partial charge in [-0.3, -0.25) is 4.79 Å². The number of hydrogen-bond donors (Lipinski definition) is 1. The fourth-order valence-corrected chi connectivity index (χ4v) is 1.65. The number of nitrogens with zero attached hydrogens (tertiary/aromatic N) is 1. The molecule has 23 heavy (non-hydrogen) atoms. The van der Waals surface area contributed by atoms with Crippen molar-refractivity contribution >= 4 is 12.1 Å². The minimum absolute atomic E-state index is 0.0682. The second kappa shape index (κ2) is 7.88. The summed E-state index contributed by atoms with van der Waals surface area (Å²) in [4.78, 5) is 11.5. The number of nitrogens with one attached hydrogen (secondary N) is 1. The Bertz CT molecular complexity index is 703. The zero-order chi connectivity index (χ0) is 16.7. The number of benzene rings is 2. The fraction of sp³-hybridized carbons (Fsp3) is 0.125. The molecule has 0 heterocycles. The minimum atomic E-state index is -1.03. The summed E-state index contributed by atoms with van der Waals surface area (Å²) in [5.41, 5.74) is 2.09. The highest BCUT2D eigenvalue weighted by molar-refractivity contribution is 5.83. The molecule has 0 aliphatic carbocycles. The van der Waals surface area contributed by atoms with Gasteiger partial charge in [0.05, 0.1) is 13.3 Å². The van der Waals surface area contributed by atoms with Crippen LogP contribution in [0.1, 0.15) is 5.56 Å². The fourth-order valence-electron chi connectivity index (χ4n) is 1.65. The Morgan fingerprint density at radius 1 is 1.17 bits per heavy atom. The summed E-state index contributed by atoms with van der Waals surface area (Å²) in [6.07, 6.45) is 1.02. The van der Waals surface area contributed by atoms with Gasteiger partial charge in [0.1, 0.15) is 11.5 Å². The van der Waals surface area contributed by atoms with Crippen LogP contribution >= 0.6 is 0 Å². The number of hydrazone groups is 1. The largest absolute Gasteiger partial charge is 0.497 e. The van der Waals surface area contributed by atoms with Crippen LogP contribution in [0.4, 0.5) is 8.78 Å². The number of carbonyl (C=O) groups is 1. The van der Waals surface area contributed by atoms with E-state index in [1.54, 1.807) is 31.4 Å². The maximum absolute atomic E-state index is 13.3. The third-order valence-corrected chi connectivity index (χ3v) is 2.80. The molecule has 0 fully saturated rings. The summed E-state index contributed by atoms with van der Waals surface area (Å²) in [5, 5.41) is 3.55. The molecule has 5 nitrogen and oxygen atoms in total. The molecule has 0 saturated carbocycles. The highest BCUT2D eigenvalue weighted by Gasteiger charge is 2.05. The molecule has 1 amide bonds. The third kappa shape index (κ3) is 4.77. The van der Waals surface area contributed by atoms with Gasteiger partial charge in [0.25, 0.3) is 5.91 Å². The maximum Gasteiger partial charge on any atom is 0.277 e. The molecule has 2 rings (SSSR count). The molecule has 1 N–H and O–H groups in total. The molecule has 7 heteroatoms. The monoisotopic (exact) mass is 320 g/mol. The van der Waals surface area contributed by atoms with Crippen LogP contribution in [0, 0.1) is 11.6 Å². The average Bonchev–Trinajstić information content (AvgIpc) is 2.57. The lowest BCUT2D eigenvalue weighted by molar-refractivity contribution is -0.123. The van der Waals surface area contributed by atoms with Gasteiger partial charge in [0.2, 0.25) is 0 Å². The van der Waals surface area contributed by atoms with Crippen LogP contribution in [0.5, 0.6) is 11.5 Å². The lowest BCUT2D eigenvalue weighted by Crippen LogP contribution is -2.24. The van der Waals surface area contributed by atoms with E-state index < -0.39 is 17.5 Å². The first kappa shape index (κ1) is 16.4. The molecule has 0 spiro atoms. The van der Waals surface area contributed by atoms with E-state index in [1.807, 2.05) is 0 Å². The van der Waals surface area contributed by atoms with Crippen LogP contribution in [0.15, 0.2) is 47.6 Å². The standard InChI is InChI=1S/C16H14F2N2O3/c1-22-12-5-7-13(8-6-12)23-10-15(21)20-19-9-11-3-2-4-14(17)16(11)18/h2-9H,10H2,1H3,(H,20,21)/b19-9+. The van der Waals surface area contributed by atoms with Crippen LogP contribution in [0.2, 0.25) is 0 Å². The molecular formula is C16H14F2N2O3. The number of rotatable bonds is 6.